The summed E-state index contributed by atoms with van der Waals surface area (Å²) >= 11 is 3.41. The van der Waals surface area contributed by atoms with Gasteiger partial charge >= 0.3 is 0 Å². The first kappa shape index (κ1) is 19.4. The number of fused-ring (bicyclic) bond motifs is 3. The molecule has 9 nitrogen and oxygen atoms in total. The molecule has 10 heteroatoms. The molecule has 0 spiro atoms. The Labute approximate surface area is 192 Å². The van der Waals surface area contributed by atoms with Crippen molar-refractivity contribution >= 4 is 38.7 Å². The van der Waals surface area contributed by atoms with E-state index < -0.39 is 0 Å². The minimum absolute atomic E-state index is 0.168. The number of benzene rings is 1. The van der Waals surface area contributed by atoms with Gasteiger partial charge in [-0.15, -0.1) is 10.2 Å². The predicted octanol–water partition coefficient (Wildman–Crippen LogP) is 3.71. The minimum atomic E-state index is 0.168. The van der Waals surface area contributed by atoms with Crippen LogP contribution in [0, 0.1) is 0 Å². The number of anilines is 2. The van der Waals surface area contributed by atoms with E-state index in [1.54, 1.807) is 24.5 Å². The molecule has 0 amide bonds. The van der Waals surface area contributed by atoms with Gasteiger partial charge < -0.3 is 15.7 Å². The lowest BCUT2D eigenvalue weighted by atomic mass is 9.97. The number of hydrogen-bond acceptors (Lipinski definition) is 8. The molecular formula is C22H21BrN8O. The third kappa shape index (κ3) is 3.09. The van der Waals surface area contributed by atoms with Crippen molar-refractivity contribution in [2.45, 2.75) is 43.8 Å². The Morgan fingerprint density at radius 3 is 2.44 bits per heavy atom. The lowest BCUT2D eigenvalue weighted by Gasteiger charge is -2.39. The summed E-state index contributed by atoms with van der Waals surface area (Å²) < 4.78 is 2.89. The highest BCUT2D eigenvalue weighted by Crippen LogP contribution is 2.43. The van der Waals surface area contributed by atoms with E-state index in [9.17, 15) is 5.11 Å². The molecule has 6 rings (SSSR count). The van der Waals surface area contributed by atoms with Crippen LogP contribution in [0.5, 0.6) is 5.75 Å². The van der Waals surface area contributed by atoms with Crippen LogP contribution in [0.3, 0.4) is 0 Å². The summed E-state index contributed by atoms with van der Waals surface area (Å²) in [7, 11) is 0. The quantitative estimate of drug-likeness (QED) is 0.444. The monoisotopic (exact) mass is 492 g/mol. The summed E-state index contributed by atoms with van der Waals surface area (Å²) in [6, 6.07) is 9.94. The van der Waals surface area contributed by atoms with Crippen LogP contribution in [0.15, 0.2) is 47.2 Å². The fourth-order valence-electron chi connectivity index (χ4n) is 5.17. The number of hydrogen-bond donors (Lipinski definition) is 2. The summed E-state index contributed by atoms with van der Waals surface area (Å²) in [5.74, 6) is 1.33. The van der Waals surface area contributed by atoms with Gasteiger partial charge in [-0.05, 0) is 59.8 Å². The smallest absolute Gasteiger partial charge is 0.225 e. The fourth-order valence-corrected chi connectivity index (χ4v) is 5.37. The zero-order valence-electron chi connectivity index (χ0n) is 17.1. The normalized spacial score (nSPS) is 22.5. The molecule has 1 aromatic carbocycles. The van der Waals surface area contributed by atoms with Gasteiger partial charge in [-0.1, -0.05) is 12.1 Å². The Kier molecular flexibility index (Phi) is 4.49. The fraction of sp³-hybridized carbons (Fsp3) is 0.318. The number of halogens is 1. The van der Waals surface area contributed by atoms with Crippen LogP contribution >= 0.6 is 15.9 Å². The first-order valence-corrected chi connectivity index (χ1v) is 11.4. The van der Waals surface area contributed by atoms with Crippen molar-refractivity contribution in [3.05, 3.63) is 47.2 Å². The minimum Gasteiger partial charge on any atom is -0.507 e. The van der Waals surface area contributed by atoms with Crippen LogP contribution in [0.25, 0.3) is 22.3 Å². The van der Waals surface area contributed by atoms with Gasteiger partial charge in [-0.2, -0.15) is 5.10 Å². The van der Waals surface area contributed by atoms with Crippen molar-refractivity contribution in [3.8, 4) is 17.0 Å². The van der Waals surface area contributed by atoms with Crippen LogP contribution in [0.1, 0.15) is 31.7 Å². The zero-order chi connectivity index (χ0) is 21.8. The van der Waals surface area contributed by atoms with E-state index in [-0.39, 0.29) is 11.8 Å². The van der Waals surface area contributed by atoms with E-state index in [1.165, 1.54) is 0 Å². The first-order chi connectivity index (χ1) is 15.6. The van der Waals surface area contributed by atoms with Crippen LogP contribution in [0.4, 0.5) is 11.8 Å². The Hall–Kier alpha value is -3.27. The molecule has 0 aliphatic carbocycles. The van der Waals surface area contributed by atoms with Crippen LogP contribution in [0.2, 0.25) is 0 Å². The summed E-state index contributed by atoms with van der Waals surface area (Å²) in [4.78, 5) is 11.4. The Balaban J connectivity index is 1.36. The van der Waals surface area contributed by atoms with Crippen LogP contribution < -0.4 is 10.6 Å². The van der Waals surface area contributed by atoms with Crippen molar-refractivity contribution in [3.63, 3.8) is 0 Å². The van der Waals surface area contributed by atoms with E-state index in [2.05, 4.69) is 46.1 Å². The Bertz CT molecular complexity index is 1290. The van der Waals surface area contributed by atoms with Gasteiger partial charge in [0.1, 0.15) is 5.75 Å². The van der Waals surface area contributed by atoms with Crippen molar-refractivity contribution in [1.29, 1.82) is 0 Å². The molecule has 2 atom stereocenters. The SMILES string of the molecule is Nc1nn(C2CC3CCC(C2)N3c2ncc(Br)cn2)c2cc(-c3ccccc3O)nnc12. The molecule has 2 unspecified atom stereocenters. The molecule has 3 N–H and O–H groups in total. The molecule has 2 aliphatic rings. The molecular weight excluding hydrogens is 472 g/mol. The number of phenolic OH excluding ortho intramolecular Hbond substituents is 1. The number of phenols is 1. The number of nitrogen functional groups attached to an aromatic ring is 1. The number of nitrogens with two attached hydrogens (primary N) is 1. The highest BCUT2D eigenvalue weighted by molar-refractivity contribution is 9.10. The number of rotatable bonds is 3. The average Bonchev–Trinajstić information content (AvgIpc) is 3.27. The first-order valence-electron chi connectivity index (χ1n) is 10.6. The van der Waals surface area contributed by atoms with Gasteiger partial charge in [0.05, 0.1) is 21.7 Å². The maximum Gasteiger partial charge on any atom is 0.225 e. The van der Waals surface area contributed by atoms with Gasteiger partial charge in [0.25, 0.3) is 0 Å². The summed E-state index contributed by atoms with van der Waals surface area (Å²) in [6.45, 7) is 0. The number of nitrogens with zero attached hydrogens (tertiary/aromatic N) is 7. The molecule has 32 heavy (non-hydrogen) atoms. The second-order valence-corrected chi connectivity index (χ2v) is 9.34. The van der Waals surface area contributed by atoms with Crippen molar-refractivity contribution in [1.82, 2.24) is 29.9 Å². The van der Waals surface area contributed by atoms with E-state index in [1.807, 2.05) is 22.9 Å². The Morgan fingerprint density at radius 1 is 1.00 bits per heavy atom. The average molecular weight is 493 g/mol. The summed E-state index contributed by atoms with van der Waals surface area (Å²) in [5.41, 5.74) is 8.87. The zero-order valence-corrected chi connectivity index (χ0v) is 18.7. The second kappa shape index (κ2) is 7.40. The van der Waals surface area contributed by atoms with Crippen molar-refractivity contribution in [2.75, 3.05) is 10.6 Å². The maximum absolute atomic E-state index is 10.3. The van der Waals surface area contributed by atoms with Gasteiger partial charge in [0.2, 0.25) is 5.95 Å². The highest BCUT2D eigenvalue weighted by Gasteiger charge is 2.43. The second-order valence-electron chi connectivity index (χ2n) is 8.43. The van der Waals surface area contributed by atoms with Gasteiger partial charge in [0, 0.05) is 30.0 Å². The largest absolute Gasteiger partial charge is 0.507 e. The molecule has 0 radical (unpaired) electrons. The van der Waals surface area contributed by atoms with E-state index in [4.69, 9.17) is 5.73 Å². The third-order valence-electron chi connectivity index (χ3n) is 6.55. The van der Waals surface area contributed by atoms with Gasteiger partial charge in [-0.3, -0.25) is 4.68 Å². The molecule has 2 bridgehead atoms. The number of aromatic nitrogens is 6. The van der Waals surface area contributed by atoms with Gasteiger partial charge in [-0.25, -0.2) is 9.97 Å². The molecule has 2 aliphatic heterocycles. The number of aromatic hydroxyl groups is 1. The number of para-hydroxylation sites is 1. The van der Waals surface area contributed by atoms with Crippen molar-refractivity contribution in [2.24, 2.45) is 0 Å². The van der Waals surface area contributed by atoms with E-state index in [0.717, 1.165) is 41.6 Å². The lowest BCUT2D eigenvalue weighted by molar-refractivity contribution is 0.319. The standard InChI is InChI=1S/C22H21BrN8O/c23-12-10-25-22(26-11-12)30-13-5-6-14(30)8-15(7-13)31-18-9-17(16-3-1-2-4-19(16)32)27-28-20(18)21(24)29-31/h1-4,9-11,13-15,32H,5-8H2,(H2,24,29). The molecule has 0 saturated carbocycles. The van der Waals surface area contributed by atoms with Gasteiger partial charge in [0.15, 0.2) is 11.3 Å². The maximum atomic E-state index is 10.3. The molecule has 4 aromatic rings. The topological polar surface area (TPSA) is 119 Å². The molecule has 2 saturated heterocycles. The van der Waals surface area contributed by atoms with Crippen molar-refractivity contribution < 1.29 is 5.11 Å². The van der Waals surface area contributed by atoms with Crippen LogP contribution in [-0.4, -0.2) is 47.1 Å². The Morgan fingerprint density at radius 2 is 1.72 bits per heavy atom. The predicted molar refractivity (Wildman–Crippen MR) is 124 cm³/mol. The van der Waals surface area contributed by atoms with E-state index in [0.29, 0.717) is 34.7 Å². The van der Waals surface area contributed by atoms with E-state index >= 15 is 0 Å². The third-order valence-corrected chi connectivity index (χ3v) is 6.96. The summed E-state index contributed by atoms with van der Waals surface area (Å²) in [6.07, 6.45) is 7.68. The molecule has 2 fully saturated rings. The highest BCUT2D eigenvalue weighted by atomic mass is 79.9. The molecule has 3 aromatic heterocycles. The molecule has 162 valence electrons. The lowest BCUT2D eigenvalue weighted by Crippen LogP contribution is -2.44. The summed E-state index contributed by atoms with van der Waals surface area (Å²) in [5, 5.41) is 23.5. The molecule has 5 heterocycles. The van der Waals surface area contributed by atoms with Crippen LogP contribution in [-0.2, 0) is 0 Å². The number of piperidine rings is 1.